The van der Waals surface area contributed by atoms with Crippen molar-refractivity contribution in [3.05, 3.63) is 29.8 Å². The highest BCUT2D eigenvalue weighted by Crippen LogP contribution is 2.25. The Kier molecular flexibility index (Phi) is 4.16. The molecule has 0 amide bonds. The van der Waals surface area contributed by atoms with Crippen LogP contribution < -0.4 is 4.74 Å². The van der Waals surface area contributed by atoms with Gasteiger partial charge in [0, 0.05) is 0 Å². The highest BCUT2D eigenvalue weighted by atomic mass is 32.2. The Morgan fingerprint density at radius 1 is 1.35 bits per heavy atom. The second-order valence-corrected chi connectivity index (χ2v) is 6.37. The second-order valence-electron chi connectivity index (χ2n) is 4.92. The number of benzene rings is 1. The van der Waals surface area contributed by atoms with Crippen LogP contribution in [-0.4, -0.2) is 25.8 Å². The van der Waals surface area contributed by atoms with Crippen LogP contribution in [0.25, 0.3) is 0 Å². The van der Waals surface area contributed by atoms with Crippen molar-refractivity contribution in [1.29, 1.82) is 0 Å². The molecule has 1 aromatic rings. The quantitative estimate of drug-likeness (QED) is 0.822. The van der Waals surface area contributed by atoms with Gasteiger partial charge >= 0.3 is 0 Å². The van der Waals surface area contributed by atoms with Gasteiger partial charge in [0.2, 0.25) is 0 Å². The number of methoxy groups -OCH3 is 1. The summed E-state index contributed by atoms with van der Waals surface area (Å²) in [7, 11) is -2.36. The van der Waals surface area contributed by atoms with Gasteiger partial charge in [0.1, 0.15) is 5.75 Å². The highest BCUT2D eigenvalue weighted by Gasteiger charge is 2.25. The van der Waals surface area contributed by atoms with Crippen molar-refractivity contribution in [2.24, 2.45) is 5.41 Å². The van der Waals surface area contributed by atoms with Gasteiger partial charge in [-0.05, 0) is 29.5 Å². The molecule has 1 aromatic carbocycles. The number of rotatable bonds is 5. The lowest BCUT2D eigenvalue weighted by Crippen LogP contribution is -2.25. The van der Waals surface area contributed by atoms with Crippen molar-refractivity contribution < 1.29 is 17.7 Å². The first kappa shape index (κ1) is 14.0. The van der Waals surface area contributed by atoms with Gasteiger partial charge in [0.25, 0.3) is 10.1 Å². The van der Waals surface area contributed by atoms with E-state index in [1.807, 2.05) is 24.3 Å². The maximum atomic E-state index is 10.9. The first-order valence-electron chi connectivity index (χ1n) is 5.30. The van der Waals surface area contributed by atoms with Crippen molar-refractivity contribution in [2.45, 2.75) is 20.3 Å². The van der Waals surface area contributed by atoms with E-state index in [2.05, 4.69) is 0 Å². The topological polar surface area (TPSA) is 63.6 Å². The van der Waals surface area contributed by atoms with E-state index >= 15 is 0 Å². The molecule has 0 aliphatic carbocycles. The molecule has 17 heavy (non-hydrogen) atoms. The third-order valence-corrected chi connectivity index (χ3v) is 3.54. The van der Waals surface area contributed by atoms with E-state index in [9.17, 15) is 8.42 Å². The van der Waals surface area contributed by atoms with Crippen molar-refractivity contribution in [3.63, 3.8) is 0 Å². The smallest absolute Gasteiger partial charge is 0.265 e. The summed E-state index contributed by atoms with van der Waals surface area (Å²) in [6.45, 7) is 3.61. The third kappa shape index (κ3) is 5.19. The Balaban J connectivity index is 2.82. The van der Waals surface area contributed by atoms with Crippen LogP contribution in [0.3, 0.4) is 0 Å². The molecule has 0 spiro atoms. The predicted octanol–water partition coefficient (Wildman–Crippen LogP) is 2.15. The molecule has 0 bridgehead atoms. The van der Waals surface area contributed by atoms with Crippen LogP contribution in [0, 0.1) is 5.41 Å². The van der Waals surface area contributed by atoms with E-state index in [1.54, 1.807) is 21.0 Å². The van der Waals surface area contributed by atoms with Gasteiger partial charge in [-0.3, -0.25) is 4.55 Å². The highest BCUT2D eigenvalue weighted by molar-refractivity contribution is 7.85. The second kappa shape index (κ2) is 5.06. The van der Waals surface area contributed by atoms with E-state index in [-0.39, 0.29) is 5.75 Å². The summed E-state index contributed by atoms with van der Waals surface area (Å²) in [5.74, 6) is 0.488. The molecule has 0 saturated heterocycles. The fraction of sp³-hybridized carbons (Fsp3) is 0.500. The molecular weight excluding hydrogens is 240 g/mol. The van der Waals surface area contributed by atoms with Crippen LogP contribution >= 0.6 is 0 Å². The lowest BCUT2D eigenvalue weighted by molar-refractivity contribution is 0.384. The van der Waals surface area contributed by atoms with Gasteiger partial charge < -0.3 is 4.74 Å². The zero-order chi connectivity index (χ0) is 13.1. The lowest BCUT2D eigenvalue weighted by atomic mass is 9.88. The first-order chi connectivity index (χ1) is 7.72. The van der Waals surface area contributed by atoms with Crippen LogP contribution in [0.4, 0.5) is 0 Å². The molecule has 5 heteroatoms. The zero-order valence-corrected chi connectivity index (χ0v) is 11.1. The molecule has 0 saturated carbocycles. The molecule has 0 unspecified atom stereocenters. The summed E-state index contributed by atoms with van der Waals surface area (Å²) < 4.78 is 35.8. The van der Waals surface area contributed by atoms with Crippen molar-refractivity contribution in [3.8, 4) is 5.75 Å². The van der Waals surface area contributed by atoms with Gasteiger partial charge in [-0.15, -0.1) is 0 Å². The number of hydrogen-bond acceptors (Lipinski definition) is 3. The Hall–Kier alpha value is -1.07. The number of hydrogen-bond donors (Lipinski definition) is 1. The first-order valence-corrected chi connectivity index (χ1v) is 6.91. The largest absolute Gasteiger partial charge is 0.497 e. The summed E-state index contributed by atoms with van der Waals surface area (Å²) in [5, 5.41) is 0. The Morgan fingerprint density at radius 2 is 2.00 bits per heavy atom. The molecule has 0 atom stereocenters. The van der Waals surface area contributed by atoms with Crippen molar-refractivity contribution >= 4 is 10.1 Å². The summed E-state index contributed by atoms with van der Waals surface area (Å²) in [6.07, 6.45) is 0.560. The molecule has 0 aliphatic heterocycles. The Bertz CT molecular complexity index is 477. The van der Waals surface area contributed by atoms with Crippen molar-refractivity contribution in [1.82, 2.24) is 0 Å². The Labute approximate surface area is 102 Å². The normalized spacial score (nSPS) is 12.5. The average Bonchev–Trinajstić information content (AvgIpc) is 2.13. The van der Waals surface area contributed by atoms with E-state index in [0.717, 1.165) is 11.3 Å². The number of ether oxygens (including phenoxy) is 1. The van der Waals surface area contributed by atoms with Crippen LogP contribution in [0.2, 0.25) is 0 Å². The Morgan fingerprint density at radius 3 is 2.53 bits per heavy atom. The van der Waals surface area contributed by atoms with Gasteiger partial charge in [0.05, 0.1) is 12.9 Å². The van der Waals surface area contributed by atoms with E-state index in [1.165, 1.54) is 0 Å². The summed E-state index contributed by atoms with van der Waals surface area (Å²) in [5.41, 5.74) is 0.470. The SMILES string of the molecule is COc1cccc(CC(C)(C)CS(=O)(=O)O)c1. The van der Waals surface area contributed by atoms with Gasteiger partial charge in [-0.25, -0.2) is 0 Å². The fourth-order valence-corrected chi connectivity index (χ4v) is 2.97. The maximum absolute atomic E-state index is 10.9. The van der Waals surface area contributed by atoms with Gasteiger partial charge in [-0.2, -0.15) is 8.42 Å². The summed E-state index contributed by atoms with van der Waals surface area (Å²) in [6, 6.07) is 7.47. The lowest BCUT2D eigenvalue weighted by Gasteiger charge is -2.23. The van der Waals surface area contributed by atoms with Crippen molar-refractivity contribution in [2.75, 3.05) is 12.9 Å². The molecule has 0 aliphatic rings. The maximum Gasteiger partial charge on any atom is 0.265 e. The predicted molar refractivity (Wildman–Crippen MR) is 66.9 cm³/mol. The molecule has 1 rings (SSSR count). The summed E-state index contributed by atoms with van der Waals surface area (Å²) >= 11 is 0. The minimum atomic E-state index is -3.95. The van der Waals surface area contributed by atoms with E-state index in [4.69, 9.17) is 9.29 Å². The molecule has 1 N–H and O–H groups in total. The molecule has 0 heterocycles. The van der Waals surface area contributed by atoms with Crippen LogP contribution in [0.1, 0.15) is 19.4 Å². The van der Waals surface area contributed by atoms with Crippen LogP contribution in [-0.2, 0) is 16.5 Å². The van der Waals surface area contributed by atoms with Crippen LogP contribution in [0.5, 0.6) is 5.75 Å². The standard InChI is InChI=1S/C12H18O4S/c1-12(2,9-17(13,14)15)8-10-5-4-6-11(7-10)16-3/h4-7H,8-9H2,1-3H3,(H,13,14,15). The minimum Gasteiger partial charge on any atom is -0.497 e. The van der Waals surface area contributed by atoms with E-state index < -0.39 is 15.5 Å². The molecule has 0 aromatic heterocycles. The molecular formula is C12H18O4S. The molecule has 4 nitrogen and oxygen atoms in total. The van der Waals surface area contributed by atoms with E-state index in [0.29, 0.717) is 6.42 Å². The summed E-state index contributed by atoms with van der Waals surface area (Å²) in [4.78, 5) is 0. The minimum absolute atomic E-state index is 0.253. The van der Waals surface area contributed by atoms with Gasteiger partial charge in [-0.1, -0.05) is 26.0 Å². The molecule has 0 radical (unpaired) electrons. The fourth-order valence-electron chi connectivity index (χ4n) is 1.88. The third-order valence-electron chi connectivity index (χ3n) is 2.39. The average molecular weight is 258 g/mol. The van der Waals surface area contributed by atoms with Gasteiger partial charge in [0.15, 0.2) is 0 Å². The molecule has 96 valence electrons. The zero-order valence-electron chi connectivity index (χ0n) is 10.3. The van der Waals surface area contributed by atoms with Crippen LogP contribution in [0.15, 0.2) is 24.3 Å². The molecule has 0 fully saturated rings. The monoisotopic (exact) mass is 258 g/mol.